The lowest BCUT2D eigenvalue weighted by atomic mass is 10.3. The van der Waals surface area contributed by atoms with E-state index in [4.69, 9.17) is 4.74 Å². The second kappa shape index (κ2) is 5.88. The maximum absolute atomic E-state index is 11.8. The molecule has 2 aromatic heterocycles. The number of imidazole rings is 1. The molecule has 122 valence electrons. The number of ether oxygens (including phenoxy) is 1. The number of pyridine rings is 1. The lowest BCUT2D eigenvalue weighted by molar-refractivity contribution is -0.117. The van der Waals surface area contributed by atoms with Gasteiger partial charge in [0, 0.05) is 24.7 Å². The van der Waals surface area contributed by atoms with E-state index in [2.05, 4.69) is 15.6 Å². The number of rotatable bonds is 5. The van der Waals surface area contributed by atoms with Crippen LogP contribution in [-0.4, -0.2) is 22.3 Å². The zero-order valence-electron chi connectivity index (χ0n) is 13.3. The Kier molecular flexibility index (Phi) is 3.57. The molecule has 0 bridgehead atoms. The van der Waals surface area contributed by atoms with E-state index in [0.717, 1.165) is 29.9 Å². The van der Waals surface area contributed by atoms with Crippen LogP contribution in [0.1, 0.15) is 12.8 Å². The van der Waals surface area contributed by atoms with Crippen LogP contribution < -0.4 is 15.4 Å². The molecule has 1 aromatic carbocycles. The predicted octanol–water partition coefficient (Wildman–Crippen LogP) is 3.52. The Morgan fingerprint density at radius 1 is 1.21 bits per heavy atom. The molecular weight excluding hydrogens is 304 g/mol. The second-order valence-electron chi connectivity index (χ2n) is 5.90. The smallest absolute Gasteiger partial charge is 0.228 e. The lowest BCUT2D eigenvalue weighted by Crippen LogP contribution is -2.13. The van der Waals surface area contributed by atoms with Crippen LogP contribution in [0, 0.1) is 5.92 Å². The second-order valence-corrected chi connectivity index (χ2v) is 5.90. The van der Waals surface area contributed by atoms with E-state index in [1.165, 1.54) is 0 Å². The quantitative estimate of drug-likeness (QED) is 0.754. The summed E-state index contributed by atoms with van der Waals surface area (Å²) in [5, 5.41) is 5.94. The molecule has 0 atom stereocenters. The van der Waals surface area contributed by atoms with Crippen molar-refractivity contribution in [3.63, 3.8) is 0 Å². The summed E-state index contributed by atoms with van der Waals surface area (Å²) in [5.74, 6) is 2.24. The third kappa shape index (κ3) is 3.03. The van der Waals surface area contributed by atoms with Gasteiger partial charge in [-0.2, -0.15) is 0 Å². The van der Waals surface area contributed by atoms with Gasteiger partial charge < -0.3 is 19.8 Å². The van der Waals surface area contributed by atoms with Gasteiger partial charge in [0.15, 0.2) is 5.82 Å². The van der Waals surface area contributed by atoms with Crippen molar-refractivity contribution in [3.05, 3.63) is 48.8 Å². The molecule has 1 aliphatic rings. The van der Waals surface area contributed by atoms with E-state index in [1.807, 2.05) is 54.0 Å². The Bertz CT molecular complexity index is 899. The molecule has 1 aliphatic carbocycles. The van der Waals surface area contributed by atoms with Gasteiger partial charge in [-0.1, -0.05) is 6.07 Å². The topological polar surface area (TPSA) is 67.7 Å². The van der Waals surface area contributed by atoms with Crippen molar-refractivity contribution in [2.45, 2.75) is 12.8 Å². The molecule has 0 aliphatic heterocycles. The fourth-order valence-corrected chi connectivity index (χ4v) is 2.52. The van der Waals surface area contributed by atoms with Gasteiger partial charge in [-0.3, -0.25) is 4.79 Å². The molecule has 6 nitrogen and oxygen atoms in total. The van der Waals surface area contributed by atoms with Gasteiger partial charge in [0.2, 0.25) is 5.91 Å². The number of nitrogens with zero attached hydrogens (tertiary/aromatic N) is 2. The standard InChI is InChI=1S/C18H18N4O2/c1-19-13-3-2-4-14(9-13)24-15-7-8-17-20-16(11-22(17)10-15)21-18(23)12-5-6-12/h2-4,7-12,19H,5-6H2,1H3,(H,21,23). The van der Waals surface area contributed by atoms with E-state index in [9.17, 15) is 4.79 Å². The van der Waals surface area contributed by atoms with Crippen molar-refractivity contribution >= 4 is 23.1 Å². The maximum atomic E-state index is 11.8. The summed E-state index contributed by atoms with van der Waals surface area (Å²) in [4.78, 5) is 16.2. The number of nitrogens with one attached hydrogen (secondary N) is 2. The van der Waals surface area contributed by atoms with Crippen LogP contribution in [0.25, 0.3) is 5.65 Å². The van der Waals surface area contributed by atoms with Gasteiger partial charge in [0.1, 0.15) is 17.1 Å². The zero-order valence-corrected chi connectivity index (χ0v) is 13.3. The van der Waals surface area contributed by atoms with E-state index < -0.39 is 0 Å². The van der Waals surface area contributed by atoms with Crippen LogP contribution in [0.4, 0.5) is 11.5 Å². The summed E-state index contributed by atoms with van der Waals surface area (Å²) in [7, 11) is 1.87. The van der Waals surface area contributed by atoms with Gasteiger partial charge in [-0.05, 0) is 37.1 Å². The fourth-order valence-electron chi connectivity index (χ4n) is 2.52. The number of carbonyl (C=O) groups is 1. The molecule has 2 N–H and O–H groups in total. The Morgan fingerprint density at radius 3 is 2.88 bits per heavy atom. The third-order valence-electron chi connectivity index (χ3n) is 3.98. The van der Waals surface area contributed by atoms with Crippen molar-refractivity contribution in [3.8, 4) is 11.5 Å². The van der Waals surface area contributed by atoms with Crippen molar-refractivity contribution in [2.24, 2.45) is 5.92 Å². The molecule has 0 spiro atoms. The molecule has 6 heteroatoms. The fraction of sp³-hybridized carbons (Fsp3) is 0.222. The molecule has 4 rings (SSSR count). The van der Waals surface area contributed by atoms with Gasteiger partial charge >= 0.3 is 0 Å². The van der Waals surface area contributed by atoms with Gasteiger partial charge in [-0.25, -0.2) is 4.98 Å². The summed E-state index contributed by atoms with van der Waals surface area (Å²) < 4.78 is 7.74. The molecule has 0 saturated heterocycles. The van der Waals surface area contributed by atoms with Crippen molar-refractivity contribution < 1.29 is 9.53 Å². The number of carbonyl (C=O) groups excluding carboxylic acids is 1. The normalized spacial score (nSPS) is 13.7. The number of anilines is 2. The molecule has 0 unspecified atom stereocenters. The van der Waals surface area contributed by atoms with Crippen LogP contribution >= 0.6 is 0 Å². The minimum atomic E-state index is 0.0544. The molecule has 0 radical (unpaired) electrons. The van der Waals surface area contributed by atoms with Crippen LogP contribution in [-0.2, 0) is 4.79 Å². The third-order valence-corrected chi connectivity index (χ3v) is 3.98. The molecule has 1 saturated carbocycles. The highest BCUT2D eigenvalue weighted by atomic mass is 16.5. The first kappa shape index (κ1) is 14.6. The first-order valence-corrected chi connectivity index (χ1v) is 7.96. The van der Waals surface area contributed by atoms with E-state index >= 15 is 0 Å². The zero-order chi connectivity index (χ0) is 16.5. The molecule has 3 aromatic rings. The maximum Gasteiger partial charge on any atom is 0.228 e. The van der Waals surface area contributed by atoms with Crippen LogP contribution in [0.2, 0.25) is 0 Å². The predicted molar refractivity (Wildman–Crippen MR) is 92.6 cm³/mol. The number of fused-ring (bicyclic) bond motifs is 1. The van der Waals surface area contributed by atoms with Crippen LogP contribution in [0.3, 0.4) is 0 Å². The summed E-state index contributed by atoms with van der Waals surface area (Å²) in [6, 6.07) is 11.5. The molecule has 24 heavy (non-hydrogen) atoms. The lowest BCUT2D eigenvalue weighted by Gasteiger charge is -2.07. The van der Waals surface area contributed by atoms with Gasteiger partial charge in [0.05, 0.1) is 12.4 Å². The first-order valence-electron chi connectivity index (χ1n) is 7.96. The van der Waals surface area contributed by atoms with Crippen LogP contribution in [0.15, 0.2) is 48.8 Å². The van der Waals surface area contributed by atoms with Gasteiger partial charge in [0.25, 0.3) is 0 Å². The molecular formula is C18H18N4O2. The Morgan fingerprint density at radius 2 is 2.08 bits per heavy atom. The first-order chi connectivity index (χ1) is 11.7. The number of benzene rings is 1. The van der Waals surface area contributed by atoms with Crippen molar-refractivity contribution in [1.82, 2.24) is 9.38 Å². The monoisotopic (exact) mass is 322 g/mol. The Labute approximate surface area is 139 Å². The number of aromatic nitrogens is 2. The highest BCUT2D eigenvalue weighted by Crippen LogP contribution is 2.30. The largest absolute Gasteiger partial charge is 0.456 e. The Balaban J connectivity index is 1.54. The summed E-state index contributed by atoms with van der Waals surface area (Å²) in [5.41, 5.74) is 1.75. The SMILES string of the molecule is CNc1cccc(Oc2ccc3nc(NC(=O)C4CC4)cn3c2)c1. The highest BCUT2D eigenvalue weighted by Gasteiger charge is 2.29. The van der Waals surface area contributed by atoms with Crippen LogP contribution in [0.5, 0.6) is 11.5 Å². The average Bonchev–Trinajstić information content (AvgIpc) is 3.36. The van der Waals surface area contributed by atoms with E-state index in [-0.39, 0.29) is 11.8 Å². The molecule has 2 heterocycles. The molecule has 1 amide bonds. The minimum Gasteiger partial charge on any atom is -0.456 e. The minimum absolute atomic E-state index is 0.0544. The summed E-state index contributed by atoms with van der Waals surface area (Å²) in [6.07, 6.45) is 5.60. The summed E-state index contributed by atoms with van der Waals surface area (Å²) in [6.45, 7) is 0. The summed E-state index contributed by atoms with van der Waals surface area (Å²) >= 11 is 0. The number of hydrogen-bond donors (Lipinski definition) is 2. The molecule has 1 fully saturated rings. The Hall–Kier alpha value is -3.02. The van der Waals surface area contributed by atoms with E-state index in [0.29, 0.717) is 11.6 Å². The van der Waals surface area contributed by atoms with Crippen molar-refractivity contribution in [2.75, 3.05) is 17.7 Å². The number of amides is 1. The van der Waals surface area contributed by atoms with Gasteiger partial charge in [-0.15, -0.1) is 0 Å². The average molecular weight is 322 g/mol. The van der Waals surface area contributed by atoms with Crippen molar-refractivity contribution in [1.29, 1.82) is 0 Å². The van der Waals surface area contributed by atoms with E-state index in [1.54, 1.807) is 6.20 Å². The highest BCUT2D eigenvalue weighted by molar-refractivity contribution is 5.93. The number of hydrogen-bond acceptors (Lipinski definition) is 4.